The van der Waals surface area contributed by atoms with Crippen LogP contribution in [0.5, 0.6) is 0 Å². The van der Waals surface area contributed by atoms with Crippen LogP contribution in [-0.4, -0.2) is 24.2 Å². The topological polar surface area (TPSA) is 40.5 Å². The Morgan fingerprint density at radius 3 is 2.54 bits per heavy atom. The molecule has 1 heterocycles. The summed E-state index contributed by atoms with van der Waals surface area (Å²) in [6.45, 7) is 2.22. The molecule has 2 aromatic rings. The van der Waals surface area contributed by atoms with Gasteiger partial charge in [0.25, 0.3) is 0 Å². The van der Waals surface area contributed by atoms with Crippen molar-refractivity contribution in [3.8, 4) is 0 Å². The highest BCUT2D eigenvalue weighted by Crippen LogP contribution is 2.42. The van der Waals surface area contributed by atoms with Gasteiger partial charge in [-0.25, -0.2) is 0 Å². The van der Waals surface area contributed by atoms with Gasteiger partial charge in [0, 0.05) is 24.7 Å². The van der Waals surface area contributed by atoms with Crippen LogP contribution in [0.2, 0.25) is 0 Å². The lowest BCUT2D eigenvalue weighted by molar-refractivity contribution is -0.138. The van der Waals surface area contributed by atoms with Gasteiger partial charge >= 0.3 is 5.97 Å². The minimum Gasteiger partial charge on any atom is -0.481 e. The maximum absolute atomic E-state index is 10.9. The van der Waals surface area contributed by atoms with Crippen LogP contribution in [0.3, 0.4) is 0 Å². The van der Waals surface area contributed by atoms with Crippen LogP contribution < -0.4 is 4.90 Å². The van der Waals surface area contributed by atoms with Gasteiger partial charge in [0.1, 0.15) is 0 Å². The van der Waals surface area contributed by atoms with E-state index >= 15 is 0 Å². The summed E-state index contributed by atoms with van der Waals surface area (Å²) >= 11 is 0. The average Bonchev–Trinajstić information content (AvgIpc) is 3.48. The largest absolute Gasteiger partial charge is 0.481 e. The molecule has 0 radical (unpaired) electrons. The first-order chi connectivity index (χ1) is 12.7. The van der Waals surface area contributed by atoms with Gasteiger partial charge in [-0.3, -0.25) is 4.79 Å². The lowest BCUT2D eigenvalue weighted by atomic mass is 9.90. The second-order valence-corrected chi connectivity index (χ2v) is 7.84. The molecule has 3 atom stereocenters. The summed E-state index contributed by atoms with van der Waals surface area (Å²) in [6.07, 6.45) is 5.35. The number of hydrogen-bond donors (Lipinski definition) is 1. The molecule has 0 unspecified atom stereocenters. The molecule has 0 amide bonds. The Balaban J connectivity index is 1.34. The molecule has 4 rings (SSSR count). The van der Waals surface area contributed by atoms with E-state index < -0.39 is 5.97 Å². The fourth-order valence-corrected chi connectivity index (χ4v) is 4.30. The summed E-state index contributed by atoms with van der Waals surface area (Å²) < 4.78 is 0. The fraction of sp³-hybridized carbons (Fsp3) is 0.435. The smallest absolute Gasteiger partial charge is 0.306 e. The van der Waals surface area contributed by atoms with Crippen molar-refractivity contribution in [2.75, 3.05) is 18.0 Å². The third kappa shape index (κ3) is 3.92. The fourth-order valence-electron chi connectivity index (χ4n) is 4.30. The first-order valence-corrected chi connectivity index (χ1v) is 9.82. The molecule has 2 aromatic carbocycles. The highest BCUT2D eigenvalue weighted by molar-refractivity contribution is 5.73. The van der Waals surface area contributed by atoms with Crippen molar-refractivity contribution < 1.29 is 9.90 Å². The maximum Gasteiger partial charge on any atom is 0.306 e. The van der Waals surface area contributed by atoms with Crippen molar-refractivity contribution in [3.63, 3.8) is 0 Å². The normalized spacial score (nSPS) is 25.1. The van der Waals surface area contributed by atoms with E-state index in [1.165, 1.54) is 29.7 Å². The van der Waals surface area contributed by atoms with Crippen LogP contribution in [0.25, 0.3) is 0 Å². The van der Waals surface area contributed by atoms with E-state index in [1.807, 2.05) is 0 Å². The summed E-state index contributed by atoms with van der Waals surface area (Å²) in [4.78, 5) is 13.4. The molecule has 1 aliphatic heterocycles. The van der Waals surface area contributed by atoms with Gasteiger partial charge in [0.2, 0.25) is 0 Å². The summed E-state index contributed by atoms with van der Waals surface area (Å²) in [7, 11) is 0. The van der Waals surface area contributed by atoms with Crippen molar-refractivity contribution in [2.24, 2.45) is 11.8 Å². The number of carboxylic acid groups (broad SMARTS) is 1. The Morgan fingerprint density at radius 1 is 1.08 bits per heavy atom. The van der Waals surface area contributed by atoms with Crippen LogP contribution in [-0.2, 0) is 11.2 Å². The summed E-state index contributed by atoms with van der Waals surface area (Å²) in [5.41, 5.74) is 4.08. The zero-order chi connectivity index (χ0) is 17.9. The van der Waals surface area contributed by atoms with Crippen LogP contribution >= 0.6 is 0 Å². The van der Waals surface area contributed by atoms with E-state index in [0.717, 1.165) is 32.4 Å². The van der Waals surface area contributed by atoms with E-state index in [9.17, 15) is 4.79 Å². The number of hydrogen-bond acceptors (Lipinski definition) is 2. The number of anilines is 1. The number of benzene rings is 2. The van der Waals surface area contributed by atoms with Crippen LogP contribution in [0.1, 0.15) is 42.7 Å². The lowest BCUT2D eigenvalue weighted by Crippen LogP contribution is -2.34. The highest BCUT2D eigenvalue weighted by Gasteiger charge is 2.42. The second kappa shape index (κ2) is 7.53. The van der Waals surface area contributed by atoms with Crippen molar-refractivity contribution in [1.82, 2.24) is 0 Å². The van der Waals surface area contributed by atoms with Crippen LogP contribution in [0.15, 0.2) is 54.6 Å². The molecule has 1 saturated carbocycles. The van der Waals surface area contributed by atoms with Gasteiger partial charge in [0.05, 0.1) is 5.92 Å². The quantitative estimate of drug-likeness (QED) is 0.820. The molecule has 136 valence electrons. The molecule has 0 spiro atoms. The highest BCUT2D eigenvalue weighted by atomic mass is 16.4. The van der Waals surface area contributed by atoms with Gasteiger partial charge in [0.15, 0.2) is 0 Å². The molecular formula is C23H27NO2. The number of aryl methyl sites for hydroxylation is 1. The standard InChI is InChI=1S/C23H27NO2/c25-23(26)22-15-19(22)11-8-17-9-12-21(13-10-17)24-14-4-7-20(16-24)18-5-2-1-3-6-18/h1-3,5-6,9-10,12-13,19-20,22H,4,7-8,11,14-16H2,(H,25,26)/t19-,20+,22-/m0/s1. The number of piperidine rings is 1. The first-order valence-electron chi connectivity index (χ1n) is 9.82. The second-order valence-electron chi connectivity index (χ2n) is 7.84. The van der Waals surface area contributed by atoms with Crippen LogP contribution in [0.4, 0.5) is 5.69 Å². The Hall–Kier alpha value is -2.29. The van der Waals surface area contributed by atoms with Crippen molar-refractivity contribution in [3.05, 3.63) is 65.7 Å². The van der Waals surface area contributed by atoms with E-state index in [0.29, 0.717) is 11.8 Å². The predicted octanol–water partition coefficient (Wildman–Crippen LogP) is 4.72. The van der Waals surface area contributed by atoms with E-state index in [1.54, 1.807) is 0 Å². The van der Waals surface area contributed by atoms with E-state index in [4.69, 9.17) is 5.11 Å². The zero-order valence-corrected chi connectivity index (χ0v) is 15.2. The minimum absolute atomic E-state index is 0.0856. The number of rotatable bonds is 6. The number of carboxylic acids is 1. The van der Waals surface area contributed by atoms with Gasteiger partial charge in [-0.2, -0.15) is 0 Å². The molecule has 3 heteroatoms. The molecule has 26 heavy (non-hydrogen) atoms. The van der Waals surface area contributed by atoms with Crippen LogP contribution in [0, 0.1) is 11.8 Å². The molecule has 0 aromatic heterocycles. The van der Waals surface area contributed by atoms with Gasteiger partial charge < -0.3 is 10.0 Å². The summed E-state index contributed by atoms with van der Waals surface area (Å²) in [5, 5.41) is 9.00. The zero-order valence-electron chi connectivity index (χ0n) is 15.2. The average molecular weight is 349 g/mol. The Morgan fingerprint density at radius 2 is 1.85 bits per heavy atom. The Bertz CT molecular complexity index is 741. The summed E-state index contributed by atoms with van der Waals surface area (Å²) in [5.74, 6) is 0.300. The van der Waals surface area contributed by atoms with Crippen molar-refractivity contribution in [2.45, 2.75) is 38.0 Å². The number of aliphatic carboxylic acids is 1. The molecule has 2 aliphatic rings. The molecule has 2 fully saturated rings. The first kappa shape index (κ1) is 17.1. The molecule has 1 aliphatic carbocycles. The monoisotopic (exact) mass is 349 g/mol. The lowest BCUT2D eigenvalue weighted by Gasteiger charge is -2.34. The summed E-state index contributed by atoms with van der Waals surface area (Å²) in [6, 6.07) is 19.8. The number of nitrogens with zero attached hydrogens (tertiary/aromatic N) is 1. The predicted molar refractivity (Wildman–Crippen MR) is 105 cm³/mol. The van der Waals surface area contributed by atoms with E-state index in [2.05, 4.69) is 59.5 Å². The number of carbonyl (C=O) groups is 1. The maximum atomic E-state index is 10.9. The van der Waals surface area contributed by atoms with Crippen molar-refractivity contribution >= 4 is 11.7 Å². The van der Waals surface area contributed by atoms with Gasteiger partial charge in [-0.05, 0) is 61.3 Å². The SMILES string of the molecule is O=C(O)[C@H]1C[C@@H]1CCc1ccc(N2CCC[C@@H](c3ccccc3)C2)cc1. The Labute approximate surface area is 155 Å². The van der Waals surface area contributed by atoms with E-state index in [-0.39, 0.29) is 5.92 Å². The van der Waals surface area contributed by atoms with Crippen molar-refractivity contribution in [1.29, 1.82) is 0 Å². The minimum atomic E-state index is -0.622. The molecule has 3 nitrogen and oxygen atoms in total. The third-order valence-electron chi connectivity index (χ3n) is 6.04. The molecule has 0 bridgehead atoms. The molecule has 1 saturated heterocycles. The van der Waals surface area contributed by atoms with Gasteiger partial charge in [-0.1, -0.05) is 42.5 Å². The Kier molecular flexibility index (Phi) is 4.96. The van der Waals surface area contributed by atoms with Gasteiger partial charge in [-0.15, -0.1) is 0 Å². The third-order valence-corrected chi connectivity index (χ3v) is 6.04. The molecule has 1 N–H and O–H groups in total. The molecular weight excluding hydrogens is 322 g/mol.